The van der Waals surface area contributed by atoms with Crippen molar-refractivity contribution in [2.45, 2.75) is 26.9 Å². The fourth-order valence-electron chi connectivity index (χ4n) is 1.79. The number of carboxylic acid groups (broad SMARTS) is 1. The molecule has 0 radical (unpaired) electrons. The normalized spacial score (nSPS) is 14.7. The molecule has 0 bridgehead atoms. The molecule has 1 aromatic rings. The van der Waals surface area contributed by atoms with Gasteiger partial charge in [0.05, 0.1) is 12.0 Å². The fraction of sp³-hybridized carbons (Fsp3) is 0.462. The van der Waals surface area contributed by atoms with Gasteiger partial charge in [0.1, 0.15) is 5.82 Å². The van der Waals surface area contributed by atoms with Gasteiger partial charge in [0.25, 0.3) is 0 Å². The average molecular weight is 240 g/mol. The molecule has 3 nitrogen and oxygen atoms in total. The molecule has 0 spiro atoms. The lowest BCUT2D eigenvalue weighted by Crippen LogP contribution is -2.27. The smallest absolute Gasteiger partial charge is 0.309 e. The lowest BCUT2D eigenvalue weighted by Gasteiger charge is -2.22. The summed E-state index contributed by atoms with van der Waals surface area (Å²) in [6, 6.07) is 4.28. The molecule has 1 rings (SSSR count). The van der Waals surface area contributed by atoms with E-state index in [9.17, 15) is 14.3 Å². The van der Waals surface area contributed by atoms with Gasteiger partial charge in [-0.25, -0.2) is 4.39 Å². The van der Waals surface area contributed by atoms with E-state index in [0.717, 1.165) is 0 Å². The number of rotatable bonds is 4. The number of aliphatic hydroxyl groups excluding tert-OH is 1. The molecule has 2 atom stereocenters. The largest absolute Gasteiger partial charge is 0.481 e. The first-order valence-corrected chi connectivity index (χ1v) is 5.51. The van der Waals surface area contributed by atoms with Gasteiger partial charge in [0.2, 0.25) is 0 Å². The number of benzene rings is 1. The van der Waals surface area contributed by atoms with E-state index in [0.29, 0.717) is 11.1 Å². The average Bonchev–Trinajstić information content (AvgIpc) is 2.20. The minimum Gasteiger partial charge on any atom is -0.481 e. The van der Waals surface area contributed by atoms with Crippen molar-refractivity contribution in [1.82, 2.24) is 0 Å². The van der Waals surface area contributed by atoms with Crippen molar-refractivity contribution in [3.63, 3.8) is 0 Å². The SMILES string of the molecule is Cc1ccc(C(O)C(C(=O)O)C(C)C)cc1F. The Bertz CT molecular complexity index is 415. The first-order valence-electron chi connectivity index (χ1n) is 5.51. The molecule has 0 heterocycles. The molecule has 0 saturated heterocycles. The molecule has 0 saturated carbocycles. The summed E-state index contributed by atoms with van der Waals surface area (Å²) in [5, 5.41) is 19.0. The fourth-order valence-corrected chi connectivity index (χ4v) is 1.79. The second-order valence-corrected chi connectivity index (χ2v) is 4.56. The minimum atomic E-state index is -1.19. The van der Waals surface area contributed by atoms with Crippen LogP contribution in [0, 0.1) is 24.6 Å². The highest BCUT2D eigenvalue weighted by Gasteiger charge is 2.30. The number of hydrogen-bond donors (Lipinski definition) is 2. The summed E-state index contributed by atoms with van der Waals surface area (Å²) in [5.74, 6) is -2.67. The number of carboxylic acids is 1. The molecular formula is C13H17FO3. The van der Waals surface area contributed by atoms with Gasteiger partial charge in [0.15, 0.2) is 0 Å². The second kappa shape index (κ2) is 5.27. The van der Waals surface area contributed by atoms with Crippen molar-refractivity contribution in [2.24, 2.45) is 11.8 Å². The van der Waals surface area contributed by atoms with Crippen LogP contribution in [0.4, 0.5) is 4.39 Å². The van der Waals surface area contributed by atoms with Gasteiger partial charge < -0.3 is 10.2 Å². The number of aryl methyl sites for hydroxylation is 1. The van der Waals surface area contributed by atoms with Crippen LogP contribution in [0.15, 0.2) is 18.2 Å². The van der Waals surface area contributed by atoms with E-state index in [1.807, 2.05) is 0 Å². The summed E-state index contributed by atoms with van der Waals surface area (Å²) in [4.78, 5) is 11.1. The molecule has 17 heavy (non-hydrogen) atoms. The Kier molecular flexibility index (Phi) is 4.23. The molecule has 0 amide bonds. The van der Waals surface area contributed by atoms with Crippen molar-refractivity contribution < 1.29 is 19.4 Å². The quantitative estimate of drug-likeness (QED) is 0.850. The second-order valence-electron chi connectivity index (χ2n) is 4.56. The van der Waals surface area contributed by atoms with Gasteiger partial charge in [-0.1, -0.05) is 26.0 Å². The van der Waals surface area contributed by atoms with Crippen LogP contribution in [0.2, 0.25) is 0 Å². The van der Waals surface area contributed by atoms with Crippen LogP contribution in [0.5, 0.6) is 0 Å². The lowest BCUT2D eigenvalue weighted by molar-refractivity contribution is -0.148. The van der Waals surface area contributed by atoms with E-state index >= 15 is 0 Å². The maximum atomic E-state index is 13.3. The van der Waals surface area contributed by atoms with Crippen molar-refractivity contribution in [2.75, 3.05) is 0 Å². The van der Waals surface area contributed by atoms with E-state index in [-0.39, 0.29) is 5.92 Å². The Morgan fingerprint density at radius 1 is 1.35 bits per heavy atom. The Morgan fingerprint density at radius 2 is 1.94 bits per heavy atom. The zero-order chi connectivity index (χ0) is 13.2. The molecule has 0 fully saturated rings. The van der Waals surface area contributed by atoms with Gasteiger partial charge in [-0.15, -0.1) is 0 Å². The molecule has 94 valence electrons. The van der Waals surface area contributed by atoms with Gasteiger partial charge in [-0.05, 0) is 30.0 Å². The lowest BCUT2D eigenvalue weighted by atomic mass is 9.86. The van der Waals surface area contributed by atoms with Crippen LogP contribution in [0.25, 0.3) is 0 Å². The monoisotopic (exact) mass is 240 g/mol. The first kappa shape index (κ1) is 13.6. The Balaban J connectivity index is 3.05. The van der Waals surface area contributed by atoms with Crippen molar-refractivity contribution in [3.8, 4) is 0 Å². The molecule has 0 aromatic heterocycles. The molecule has 0 aliphatic heterocycles. The van der Waals surface area contributed by atoms with E-state index in [1.165, 1.54) is 12.1 Å². The summed E-state index contributed by atoms with van der Waals surface area (Å²) < 4.78 is 13.3. The summed E-state index contributed by atoms with van der Waals surface area (Å²) in [5.41, 5.74) is 0.770. The summed E-state index contributed by atoms with van der Waals surface area (Å²) >= 11 is 0. The van der Waals surface area contributed by atoms with Crippen LogP contribution in [-0.4, -0.2) is 16.2 Å². The topological polar surface area (TPSA) is 57.5 Å². The third-order valence-corrected chi connectivity index (χ3v) is 2.88. The third-order valence-electron chi connectivity index (χ3n) is 2.88. The highest BCUT2D eigenvalue weighted by molar-refractivity contribution is 5.71. The summed E-state index contributed by atoms with van der Waals surface area (Å²) in [6.45, 7) is 5.04. The maximum absolute atomic E-state index is 13.3. The Hall–Kier alpha value is -1.42. The van der Waals surface area contributed by atoms with E-state index < -0.39 is 23.8 Å². The van der Waals surface area contributed by atoms with E-state index in [2.05, 4.69) is 0 Å². The first-order chi connectivity index (χ1) is 7.84. The molecule has 4 heteroatoms. The van der Waals surface area contributed by atoms with Crippen LogP contribution in [-0.2, 0) is 4.79 Å². The Morgan fingerprint density at radius 3 is 2.35 bits per heavy atom. The van der Waals surface area contributed by atoms with Crippen LogP contribution >= 0.6 is 0 Å². The van der Waals surface area contributed by atoms with E-state index in [4.69, 9.17) is 5.11 Å². The standard InChI is InChI=1S/C13H17FO3/c1-7(2)11(13(16)17)12(15)9-5-4-8(3)10(14)6-9/h4-7,11-12,15H,1-3H3,(H,16,17). The molecule has 2 N–H and O–H groups in total. The van der Waals surface area contributed by atoms with Crippen molar-refractivity contribution in [1.29, 1.82) is 0 Å². The molecule has 2 unspecified atom stereocenters. The summed E-state index contributed by atoms with van der Waals surface area (Å²) in [7, 11) is 0. The predicted molar refractivity (Wildman–Crippen MR) is 62.1 cm³/mol. The predicted octanol–water partition coefficient (Wildman–Crippen LogP) is 2.52. The van der Waals surface area contributed by atoms with Crippen LogP contribution in [0.1, 0.15) is 31.1 Å². The zero-order valence-corrected chi connectivity index (χ0v) is 10.1. The van der Waals surface area contributed by atoms with Gasteiger partial charge in [-0.2, -0.15) is 0 Å². The number of aliphatic hydroxyl groups is 1. The summed E-state index contributed by atoms with van der Waals surface area (Å²) in [6.07, 6.45) is -1.19. The highest BCUT2D eigenvalue weighted by Crippen LogP contribution is 2.29. The zero-order valence-electron chi connectivity index (χ0n) is 10.1. The van der Waals surface area contributed by atoms with Gasteiger partial charge in [-0.3, -0.25) is 4.79 Å². The van der Waals surface area contributed by atoms with Crippen LogP contribution in [0.3, 0.4) is 0 Å². The van der Waals surface area contributed by atoms with Crippen LogP contribution < -0.4 is 0 Å². The van der Waals surface area contributed by atoms with Gasteiger partial charge >= 0.3 is 5.97 Å². The number of hydrogen-bond acceptors (Lipinski definition) is 2. The third kappa shape index (κ3) is 3.03. The number of aliphatic carboxylic acids is 1. The number of carbonyl (C=O) groups is 1. The highest BCUT2D eigenvalue weighted by atomic mass is 19.1. The molecule has 0 aliphatic carbocycles. The Labute approximate surface area is 99.9 Å². The minimum absolute atomic E-state index is 0.230. The number of halogens is 1. The van der Waals surface area contributed by atoms with E-state index in [1.54, 1.807) is 26.8 Å². The maximum Gasteiger partial charge on any atom is 0.309 e. The molecule has 0 aliphatic rings. The van der Waals surface area contributed by atoms with Gasteiger partial charge in [0, 0.05) is 0 Å². The molecular weight excluding hydrogens is 223 g/mol. The van der Waals surface area contributed by atoms with Crippen molar-refractivity contribution >= 4 is 5.97 Å². The van der Waals surface area contributed by atoms with Crippen molar-refractivity contribution in [3.05, 3.63) is 35.1 Å². The molecule has 1 aromatic carbocycles.